The SMILES string of the molecule is COc1cccc(/C=N\NC(=O)c2c(CN3CCOCC3)nnn2-c2nonc2N)c1OCc1ccccc1. The van der Waals surface area contributed by atoms with E-state index in [1.807, 2.05) is 30.3 Å². The van der Waals surface area contributed by atoms with Crippen LogP contribution in [0.4, 0.5) is 5.82 Å². The molecule has 3 heterocycles. The number of nitrogens with zero attached hydrogens (tertiary/aromatic N) is 7. The molecule has 1 amide bonds. The van der Waals surface area contributed by atoms with Crippen LogP contribution in [0.2, 0.25) is 0 Å². The van der Waals surface area contributed by atoms with Crippen LogP contribution in [0.5, 0.6) is 11.5 Å². The van der Waals surface area contributed by atoms with Crippen LogP contribution < -0.4 is 20.6 Å². The van der Waals surface area contributed by atoms with Crippen LogP contribution in [-0.4, -0.2) is 75.7 Å². The van der Waals surface area contributed by atoms with E-state index in [1.54, 1.807) is 25.3 Å². The highest BCUT2D eigenvalue weighted by Crippen LogP contribution is 2.31. The normalized spacial score (nSPS) is 14.0. The third-order valence-corrected chi connectivity index (χ3v) is 5.95. The molecule has 1 saturated heterocycles. The molecule has 1 aliphatic heterocycles. The van der Waals surface area contributed by atoms with Crippen molar-refractivity contribution in [1.29, 1.82) is 0 Å². The predicted octanol–water partition coefficient (Wildman–Crippen LogP) is 1.42. The summed E-state index contributed by atoms with van der Waals surface area (Å²) in [5.41, 5.74) is 10.5. The van der Waals surface area contributed by atoms with Crippen LogP contribution in [-0.2, 0) is 17.9 Å². The quantitative estimate of drug-likeness (QED) is 0.223. The van der Waals surface area contributed by atoms with Crippen LogP contribution in [0.3, 0.4) is 0 Å². The van der Waals surface area contributed by atoms with Crippen LogP contribution in [0, 0.1) is 0 Å². The molecule has 0 radical (unpaired) electrons. The first-order valence-corrected chi connectivity index (χ1v) is 12.1. The van der Waals surface area contributed by atoms with Crippen LogP contribution in [0.25, 0.3) is 5.82 Å². The average Bonchev–Trinajstić information content (AvgIpc) is 3.58. The lowest BCUT2D eigenvalue weighted by molar-refractivity contribution is 0.0335. The van der Waals surface area contributed by atoms with Gasteiger partial charge in [-0.15, -0.1) is 5.10 Å². The highest BCUT2D eigenvalue weighted by atomic mass is 16.6. The van der Waals surface area contributed by atoms with Gasteiger partial charge in [0.05, 0.1) is 26.5 Å². The van der Waals surface area contributed by atoms with Crippen molar-refractivity contribution in [3.8, 4) is 17.3 Å². The number of benzene rings is 2. The van der Waals surface area contributed by atoms with Crippen LogP contribution in [0.15, 0.2) is 58.3 Å². The summed E-state index contributed by atoms with van der Waals surface area (Å²) in [6, 6.07) is 15.1. The highest BCUT2D eigenvalue weighted by Gasteiger charge is 2.26. The predicted molar refractivity (Wildman–Crippen MR) is 139 cm³/mol. The maximum atomic E-state index is 13.4. The lowest BCUT2D eigenvalue weighted by Crippen LogP contribution is -2.36. The molecule has 5 rings (SSSR count). The molecule has 0 spiro atoms. The number of hydrazone groups is 1. The summed E-state index contributed by atoms with van der Waals surface area (Å²) in [4.78, 5) is 15.5. The first-order chi connectivity index (χ1) is 19.1. The van der Waals surface area contributed by atoms with Crippen LogP contribution >= 0.6 is 0 Å². The van der Waals surface area contributed by atoms with E-state index in [0.717, 1.165) is 5.56 Å². The van der Waals surface area contributed by atoms with Gasteiger partial charge in [-0.25, -0.2) is 10.1 Å². The summed E-state index contributed by atoms with van der Waals surface area (Å²) >= 11 is 0. The zero-order valence-electron chi connectivity index (χ0n) is 21.2. The monoisotopic (exact) mass is 533 g/mol. The second kappa shape index (κ2) is 12.1. The Kier molecular flexibility index (Phi) is 8.04. The number of rotatable bonds is 10. The zero-order chi connectivity index (χ0) is 27.0. The summed E-state index contributed by atoms with van der Waals surface area (Å²) in [5.74, 6) is 0.464. The fraction of sp³-hybridized carbons (Fsp3) is 0.280. The average molecular weight is 534 g/mol. The van der Waals surface area contributed by atoms with Crippen molar-refractivity contribution in [3.63, 3.8) is 0 Å². The Balaban J connectivity index is 1.37. The summed E-state index contributed by atoms with van der Waals surface area (Å²) in [7, 11) is 1.56. The van der Waals surface area contributed by atoms with Gasteiger partial charge >= 0.3 is 0 Å². The molecule has 2 aromatic carbocycles. The van der Waals surface area contributed by atoms with E-state index in [-0.39, 0.29) is 17.3 Å². The second-order valence-electron chi connectivity index (χ2n) is 8.51. The van der Waals surface area contributed by atoms with E-state index in [4.69, 9.17) is 24.6 Å². The molecule has 0 aliphatic carbocycles. The maximum Gasteiger partial charge on any atom is 0.292 e. The minimum atomic E-state index is -0.573. The van der Waals surface area contributed by atoms with Crippen molar-refractivity contribution >= 4 is 17.9 Å². The Labute approximate surface area is 223 Å². The number of para-hydroxylation sites is 1. The van der Waals surface area contributed by atoms with Gasteiger partial charge in [0, 0.05) is 25.2 Å². The van der Waals surface area contributed by atoms with Gasteiger partial charge in [0.2, 0.25) is 11.6 Å². The minimum absolute atomic E-state index is 0.0352. The molecular formula is C25H27N9O5. The number of anilines is 1. The van der Waals surface area contributed by atoms with Crippen molar-refractivity contribution in [2.45, 2.75) is 13.2 Å². The molecule has 1 aliphatic rings. The van der Waals surface area contributed by atoms with Crippen molar-refractivity contribution < 1.29 is 23.6 Å². The van der Waals surface area contributed by atoms with Crippen molar-refractivity contribution in [3.05, 3.63) is 71.0 Å². The molecule has 14 nitrogen and oxygen atoms in total. The summed E-state index contributed by atoms with van der Waals surface area (Å²) in [5, 5.41) is 19.8. The molecule has 0 atom stereocenters. The number of aromatic nitrogens is 5. The molecule has 202 valence electrons. The topological polar surface area (TPSA) is 168 Å². The number of hydrogen-bond acceptors (Lipinski definition) is 12. The Hall–Kier alpha value is -4.82. The lowest BCUT2D eigenvalue weighted by atomic mass is 10.2. The third kappa shape index (κ3) is 6.02. The zero-order valence-corrected chi connectivity index (χ0v) is 21.2. The molecule has 4 aromatic rings. The van der Waals surface area contributed by atoms with Gasteiger partial charge in [0.25, 0.3) is 5.91 Å². The molecular weight excluding hydrogens is 506 g/mol. The lowest BCUT2D eigenvalue weighted by Gasteiger charge is -2.25. The number of hydrogen-bond donors (Lipinski definition) is 2. The van der Waals surface area contributed by atoms with E-state index in [9.17, 15) is 4.79 Å². The third-order valence-electron chi connectivity index (χ3n) is 5.95. The fourth-order valence-corrected chi connectivity index (χ4v) is 4.00. The Morgan fingerprint density at radius 1 is 1.15 bits per heavy atom. The first-order valence-electron chi connectivity index (χ1n) is 12.1. The summed E-state index contributed by atoms with van der Waals surface area (Å²) < 4.78 is 22.8. The number of morpholine rings is 1. The highest BCUT2D eigenvalue weighted by molar-refractivity contribution is 5.95. The minimum Gasteiger partial charge on any atom is -0.493 e. The second-order valence-corrected chi connectivity index (χ2v) is 8.51. The van der Waals surface area contributed by atoms with Gasteiger partial charge in [0.15, 0.2) is 17.2 Å². The number of nitrogens with one attached hydrogen (secondary N) is 1. The van der Waals surface area contributed by atoms with E-state index >= 15 is 0 Å². The van der Waals surface area contributed by atoms with Gasteiger partial charge in [-0.05, 0) is 28.0 Å². The van der Waals surface area contributed by atoms with Gasteiger partial charge in [-0.3, -0.25) is 9.69 Å². The van der Waals surface area contributed by atoms with E-state index in [2.05, 4.69) is 36.1 Å². The number of ether oxygens (including phenoxy) is 3. The number of nitrogens with two attached hydrogens (primary N) is 1. The van der Waals surface area contributed by atoms with E-state index < -0.39 is 5.91 Å². The molecule has 0 bridgehead atoms. The van der Waals surface area contributed by atoms with Crippen LogP contribution in [0.1, 0.15) is 27.3 Å². The van der Waals surface area contributed by atoms with Gasteiger partial charge < -0.3 is 19.9 Å². The Morgan fingerprint density at radius 3 is 2.72 bits per heavy atom. The van der Waals surface area contributed by atoms with Gasteiger partial charge in [-0.1, -0.05) is 41.6 Å². The van der Waals surface area contributed by atoms with E-state index in [1.165, 1.54) is 10.9 Å². The van der Waals surface area contributed by atoms with Crippen molar-refractivity contribution in [2.75, 3.05) is 39.1 Å². The van der Waals surface area contributed by atoms with E-state index in [0.29, 0.717) is 62.2 Å². The first kappa shape index (κ1) is 25.8. The number of methoxy groups -OCH3 is 1. The molecule has 2 aromatic heterocycles. The van der Waals surface area contributed by atoms with Crippen molar-refractivity contribution in [1.82, 2.24) is 35.6 Å². The molecule has 3 N–H and O–H groups in total. The number of amides is 1. The Morgan fingerprint density at radius 2 is 1.97 bits per heavy atom. The smallest absolute Gasteiger partial charge is 0.292 e. The molecule has 39 heavy (non-hydrogen) atoms. The fourth-order valence-electron chi connectivity index (χ4n) is 4.00. The maximum absolute atomic E-state index is 13.4. The van der Waals surface area contributed by atoms with Gasteiger partial charge in [-0.2, -0.15) is 9.78 Å². The molecule has 14 heteroatoms. The molecule has 1 fully saturated rings. The summed E-state index contributed by atoms with van der Waals surface area (Å²) in [6.07, 6.45) is 1.47. The Bertz CT molecular complexity index is 1430. The number of carbonyl (C=O) groups is 1. The standard InChI is InChI=1S/C25H27N9O5/c1-36-20-9-5-8-18(22(20)38-16-17-6-3-2-4-7-17)14-27-29-25(35)21-19(15-33-10-12-37-13-11-33)28-32-34(21)24-23(26)30-39-31-24/h2-9,14H,10-13,15-16H2,1H3,(H2,26,30)(H,29,35)/b27-14-. The largest absolute Gasteiger partial charge is 0.493 e. The number of nitrogen functional groups attached to an aromatic ring is 1. The molecule has 0 unspecified atom stereocenters. The van der Waals surface area contributed by atoms with Gasteiger partial charge in [0.1, 0.15) is 12.3 Å². The number of carbonyl (C=O) groups excluding carboxylic acids is 1. The molecule has 0 saturated carbocycles. The van der Waals surface area contributed by atoms with Crippen molar-refractivity contribution in [2.24, 2.45) is 5.10 Å². The summed E-state index contributed by atoms with van der Waals surface area (Å²) in [6.45, 7) is 3.28.